The van der Waals surface area contributed by atoms with E-state index in [0.717, 1.165) is 15.3 Å². The van der Waals surface area contributed by atoms with Gasteiger partial charge in [0.1, 0.15) is 5.00 Å². The first kappa shape index (κ1) is 18.7. The molecule has 2 aromatic rings. The lowest BCUT2D eigenvalue weighted by atomic mass is 10.1. The number of hydrogen-bond donors (Lipinski definition) is 1. The molecule has 6 heteroatoms. The molecule has 0 saturated carbocycles. The molecule has 0 saturated heterocycles. The van der Waals surface area contributed by atoms with Crippen LogP contribution in [0.2, 0.25) is 0 Å². The molecule has 130 valence electrons. The van der Waals surface area contributed by atoms with Crippen LogP contribution < -0.4 is 5.32 Å². The summed E-state index contributed by atoms with van der Waals surface area (Å²) in [6.45, 7) is 11.7. The first-order valence-corrected chi connectivity index (χ1v) is 9.61. The molecule has 0 aliphatic rings. The van der Waals surface area contributed by atoms with Crippen LogP contribution in [-0.2, 0) is 4.74 Å². The van der Waals surface area contributed by atoms with Crippen molar-refractivity contribution in [2.75, 3.05) is 5.32 Å². The van der Waals surface area contributed by atoms with Crippen molar-refractivity contribution in [3.05, 3.63) is 37.9 Å². The Labute approximate surface area is 150 Å². The van der Waals surface area contributed by atoms with Crippen LogP contribution in [0, 0.1) is 13.8 Å². The van der Waals surface area contributed by atoms with Crippen LogP contribution in [-0.4, -0.2) is 18.0 Å². The van der Waals surface area contributed by atoms with Crippen LogP contribution in [0.15, 0.2) is 11.4 Å². The van der Waals surface area contributed by atoms with Crippen LogP contribution in [0.4, 0.5) is 5.00 Å². The molecule has 4 nitrogen and oxygen atoms in total. The van der Waals surface area contributed by atoms with Crippen LogP contribution in [0.25, 0.3) is 0 Å². The molecule has 2 heterocycles. The summed E-state index contributed by atoms with van der Waals surface area (Å²) in [4.78, 5) is 27.1. The summed E-state index contributed by atoms with van der Waals surface area (Å²) in [5.74, 6) is -0.314. The number of hydrogen-bond acceptors (Lipinski definition) is 5. The Kier molecular flexibility index (Phi) is 5.83. The molecule has 0 bridgehead atoms. The molecule has 0 aromatic carbocycles. The number of amides is 1. The predicted octanol–water partition coefficient (Wildman–Crippen LogP) is 5.37. The topological polar surface area (TPSA) is 55.4 Å². The molecule has 0 aliphatic carbocycles. The van der Waals surface area contributed by atoms with E-state index in [1.165, 1.54) is 11.3 Å². The minimum absolute atomic E-state index is 0.187. The van der Waals surface area contributed by atoms with Gasteiger partial charge in [-0.3, -0.25) is 4.79 Å². The smallest absolute Gasteiger partial charge is 0.341 e. The highest BCUT2D eigenvalue weighted by molar-refractivity contribution is 7.16. The van der Waals surface area contributed by atoms with Crippen molar-refractivity contribution >= 4 is 39.6 Å². The molecule has 0 atom stereocenters. The zero-order chi connectivity index (χ0) is 18.0. The summed E-state index contributed by atoms with van der Waals surface area (Å²) in [5, 5.41) is 5.30. The van der Waals surface area contributed by atoms with Gasteiger partial charge in [-0.05, 0) is 45.2 Å². The van der Waals surface area contributed by atoms with E-state index in [9.17, 15) is 9.59 Å². The highest BCUT2D eigenvalue weighted by Crippen LogP contribution is 2.34. The third-order valence-electron chi connectivity index (χ3n) is 3.64. The van der Waals surface area contributed by atoms with Gasteiger partial charge in [0.05, 0.1) is 17.2 Å². The summed E-state index contributed by atoms with van der Waals surface area (Å²) in [5.41, 5.74) is 2.06. The average Bonchev–Trinajstić information content (AvgIpc) is 3.03. The third kappa shape index (κ3) is 4.05. The normalized spacial score (nSPS) is 11.2. The van der Waals surface area contributed by atoms with E-state index >= 15 is 0 Å². The fraction of sp³-hybridized carbons (Fsp3) is 0.444. The molecule has 0 unspecified atom stereocenters. The van der Waals surface area contributed by atoms with E-state index < -0.39 is 5.97 Å². The molecule has 1 amide bonds. The number of thiophene rings is 2. The maximum absolute atomic E-state index is 12.6. The van der Waals surface area contributed by atoms with Crippen molar-refractivity contribution in [2.24, 2.45) is 0 Å². The summed E-state index contributed by atoms with van der Waals surface area (Å²) in [6.07, 6.45) is -0.204. The Bertz CT molecular complexity index is 756. The van der Waals surface area contributed by atoms with E-state index in [0.29, 0.717) is 16.1 Å². The first-order chi connectivity index (χ1) is 11.2. The molecule has 0 radical (unpaired) electrons. The van der Waals surface area contributed by atoms with Gasteiger partial charge >= 0.3 is 5.97 Å². The van der Waals surface area contributed by atoms with Gasteiger partial charge < -0.3 is 10.1 Å². The molecule has 24 heavy (non-hydrogen) atoms. The maximum Gasteiger partial charge on any atom is 0.341 e. The van der Waals surface area contributed by atoms with Gasteiger partial charge in [0.15, 0.2) is 0 Å². The second-order valence-electron chi connectivity index (χ2n) is 6.29. The fourth-order valence-electron chi connectivity index (χ4n) is 2.12. The van der Waals surface area contributed by atoms with Crippen molar-refractivity contribution in [3.63, 3.8) is 0 Å². The fourth-order valence-corrected chi connectivity index (χ4v) is 4.03. The number of carbonyl (C=O) groups excluding carboxylic acids is 2. The molecular weight excluding hydrogens is 342 g/mol. The Morgan fingerprint density at radius 1 is 1.12 bits per heavy atom. The van der Waals surface area contributed by atoms with Crippen molar-refractivity contribution in [3.8, 4) is 0 Å². The highest BCUT2D eigenvalue weighted by atomic mass is 32.1. The Morgan fingerprint density at radius 2 is 1.79 bits per heavy atom. The van der Waals surface area contributed by atoms with Gasteiger partial charge in [0.25, 0.3) is 5.91 Å². The molecule has 1 N–H and O–H groups in total. The lowest BCUT2D eigenvalue weighted by Crippen LogP contribution is -2.16. The first-order valence-electron chi connectivity index (χ1n) is 7.91. The predicted molar refractivity (Wildman–Crippen MR) is 101 cm³/mol. The molecule has 0 spiro atoms. The van der Waals surface area contributed by atoms with E-state index in [-0.39, 0.29) is 17.9 Å². The quantitative estimate of drug-likeness (QED) is 0.725. The standard InChI is InChI=1S/C18H23NO3S2/c1-9(2)15-7-13(18(21)22-10(3)4)17(24-15)19-16(20)14-8-23-12(6)11(14)5/h7-10H,1-6H3,(H,19,20). The van der Waals surface area contributed by atoms with Crippen LogP contribution in [0.1, 0.15) is 69.6 Å². The SMILES string of the molecule is Cc1scc(C(=O)Nc2sc(C(C)C)cc2C(=O)OC(C)C)c1C. The number of rotatable bonds is 5. The largest absolute Gasteiger partial charge is 0.459 e. The number of aryl methyl sites for hydroxylation is 1. The molecular formula is C18H23NO3S2. The number of esters is 1. The maximum atomic E-state index is 12.6. The zero-order valence-electron chi connectivity index (χ0n) is 14.9. The Hall–Kier alpha value is -1.66. The van der Waals surface area contributed by atoms with Gasteiger partial charge in [-0.2, -0.15) is 0 Å². The average molecular weight is 366 g/mol. The van der Waals surface area contributed by atoms with Crippen LogP contribution in [0.3, 0.4) is 0 Å². The van der Waals surface area contributed by atoms with E-state index in [4.69, 9.17) is 4.74 Å². The number of nitrogens with one attached hydrogen (secondary N) is 1. The minimum atomic E-state index is -0.401. The number of carbonyl (C=O) groups is 2. The summed E-state index contributed by atoms with van der Waals surface area (Å²) in [7, 11) is 0. The van der Waals surface area contributed by atoms with Gasteiger partial charge in [-0.15, -0.1) is 22.7 Å². The Balaban J connectivity index is 2.32. The zero-order valence-corrected chi connectivity index (χ0v) is 16.5. The van der Waals surface area contributed by atoms with Gasteiger partial charge in [-0.1, -0.05) is 13.8 Å². The Morgan fingerprint density at radius 3 is 2.29 bits per heavy atom. The van der Waals surface area contributed by atoms with Gasteiger partial charge in [0, 0.05) is 15.1 Å². The summed E-state index contributed by atoms with van der Waals surface area (Å²) in [6, 6.07) is 1.82. The van der Waals surface area contributed by atoms with Crippen LogP contribution in [0.5, 0.6) is 0 Å². The summed E-state index contributed by atoms with van der Waals surface area (Å²) < 4.78 is 5.30. The summed E-state index contributed by atoms with van der Waals surface area (Å²) >= 11 is 2.98. The highest BCUT2D eigenvalue weighted by Gasteiger charge is 2.22. The monoisotopic (exact) mass is 365 g/mol. The van der Waals surface area contributed by atoms with Crippen molar-refractivity contribution in [1.29, 1.82) is 0 Å². The molecule has 2 aromatic heterocycles. The van der Waals surface area contributed by atoms with E-state index in [2.05, 4.69) is 19.2 Å². The lowest BCUT2D eigenvalue weighted by molar-refractivity contribution is 0.0379. The molecule has 2 rings (SSSR count). The van der Waals surface area contributed by atoms with Crippen molar-refractivity contribution in [2.45, 2.75) is 53.6 Å². The number of anilines is 1. The van der Waals surface area contributed by atoms with Crippen LogP contribution >= 0.6 is 22.7 Å². The minimum Gasteiger partial charge on any atom is -0.459 e. The van der Waals surface area contributed by atoms with Crippen molar-refractivity contribution < 1.29 is 14.3 Å². The third-order valence-corrected chi connectivity index (χ3v) is 6.00. The lowest BCUT2D eigenvalue weighted by Gasteiger charge is -2.09. The second kappa shape index (κ2) is 7.49. The second-order valence-corrected chi connectivity index (χ2v) is 8.45. The van der Waals surface area contributed by atoms with Gasteiger partial charge in [0.2, 0.25) is 0 Å². The van der Waals surface area contributed by atoms with Crippen molar-refractivity contribution in [1.82, 2.24) is 0 Å². The van der Waals surface area contributed by atoms with Gasteiger partial charge in [-0.25, -0.2) is 4.79 Å². The molecule has 0 aliphatic heterocycles. The van der Waals surface area contributed by atoms with E-state index in [1.807, 2.05) is 39.1 Å². The number of ether oxygens (including phenoxy) is 1. The molecule has 0 fully saturated rings. The van der Waals surface area contributed by atoms with E-state index in [1.54, 1.807) is 11.3 Å².